The summed E-state index contributed by atoms with van der Waals surface area (Å²) in [6, 6.07) is 2.10. The molecule has 0 saturated heterocycles. The summed E-state index contributed by atoms with van der Waals surface area (Å²) < 4.78 is 6.34. The van der Waals surface area contributed by atoms with Gasteiger partial charge in [0.05, 0.1) is 17.7 Å². The van der Waals surface area contributed by atoms with Crippen LogP contribution in [0.2, 0.25) is 0 Å². The minimum atomic E-state index is 0.338. The van der Waals surface area contributed by atoms with Crippen LogP contribution in [-0.2, 0) is 0 Å². The SMILES string of the molecule is Bc1cc(/N=C/N(C)CC)c(C)nc1OC1CCC2CCCCC2C1. The van der Waals surface area contributed by atoms with Gasteiger partial charge in [-0.2, -0.15) is 0 Å². The van der Waals surface area contributed by atoms with Crippen LogP contribution in [0.4, 0.5) is 5.69 Å². The normalized spacial score (nSPS) is 26.4. The molecular formula is C20H32BN3O. The Morgan fingerprint density at radius 3 is 2.80 bits per heavy atom. The summed E-state index contributed by atoms with van der Waals surface area (Å²) in [6.45, 7) is 5.07. The zero-order valence-corrected chi connectivity index (χ0v) is 16.3. The first kappa shape index (κ1) is 18.3. The first-order valence-corrected chi connectivity index (χ1v) is 9.96. The van der Waals surface area contributed by atoms with Crippen LogP contribution in [-0.4, -0.2) is 43.8 Å². The molecule has 25 heavy (non-hydrogen) atoms. The van der Waals surface area contributed by atoms with Gasteiger partial charge in [0.25, 0.3) is 0 Å². The van der Waals surface area contributed by atoms with Crippen LogP contribution in [0.1, 0.15) is 57.6 Å². The molecule has 4 nitrogen and oxygen atoms in total. The topological polar surface area (TPSA) is 37.7 Å². The molecule has 136 valence electrons. The zero-order chi connectivity index (χ0) is 17.8. The Morgan fingerprint density at radius 2 is 2.04 bits per heavy atom. The molecule has 1 heterocycles. The van der Waals surface area contributed by atoms with Gasteiger partial charge in [-0.1, -0.05) is 25.7 Å². The molecule has 2 aliphatic carbocycles. The number of rotatable bonds is 5. The van der Waals surface area contributed by atoms with Gasteiger partial charge in [0.1, 0.15) is 14.0 Å². The Kier molecular flexibility index (Phi) is 6.03. The summed E-state index contributed by atoms with van der Waals surface area (Å²) in [5.41, 5.74) is 2.96. The van der Waals surface area contributed by atoms with Gasteiger partial charge < -0.3 is 9.64 Å². The molecule has 0 amide bonds. The molecule has 0 radical (unpaired) electrons. The van der Waals surface area contributed by atoms with Crippen LogP contribution < -0.4 is 10.2 Å². The Morgan fingerprint density at radius 1 is 1.28 bits per heavy atom. The van der Waals surface area contributed by atoms with Crippen molar-refractivity contribution in [1.29, 1.82) is 0 Å². The lowest BCUT2D eigenvalue weighted by Crippen LogP contribution is -2.34. The molecule has 1 aromatic heterocycles. The van der Waals surface area contributed by atoms with E-state index in [1.54, 1.807) is 0 Å². The van der Waals surface area contributed by atoms with Gasteiger partial charge in [0.2, 0.25) is 5.88 Å². The van der Waals surface area contributed by atoms with Crippen molar-refractivity contribution in [2.24, 2.45) is 16.8 Å². The monoisotopic (exact) mass is 341 g/mol. The third kappa shape index (κ3) is 4.56. The standard InChI is InChI=1S/C20H32BN3O/c1-4-24(3)13-22-19-12-18(21)20(23-14(19)2)25-17-10-9-15-7-5-6-8-16(15)11-17/h12-13,15-17H,4-11,21H2,1-3H3/b22-13+. The second kappa shape index (κ2) is 8.24. The maximum atomic E-state index is 6.34. The van der Waals surface area contributed by atoms with Gasteiger partial charge >= 0.3 is 0 Å². The van der Waals surface area contributed by atoms with E-state index in [0.29, 0.717) is 6.10 Å². The number of hydrogen-bond donors (Lipinski definition) is 0. The second-order valence-corrected chi connectivity index (χ2v) is 7.89. The molecule has 0 aliphatic heterocycles. The van der Waals surface area contributed by atoms with E-state index < -0.39 is 0 Å². The van der Waals surface area contributed by atoms with E-state index in [9.17, 15) is 0 Å². The highest BCUT2D eigenvalue weighted by molar-refractivity contribution is 6.34. The highest BCUT2D eigenvalue weighted by Gasteiger charge is 2.33. The van der Waals surface area contributed by atoms with Gasteiger partial charge in [-0.3, -0.25) is 0 Å². The predicted molar refractivity (Wildman–Crippen MR) is 107 cm³/mol. The molecule has 0 bridgehead atoms. The van der Waals surface area contributed by atoms with Crippen LogP contribution in [0.3, 0.4) is 0 Å². The van der Waals surface area contributed by atoms with Crippen molar-refractivity contribution in [2.45, 2.75) is 64.9 Å². The highest BCUT2D eigenvalue weighted by atomic mass is 16.5. The van der Waals surface area contributed by atoms with Crippen molar-refractivity contribution in [3.05, 3.63) is 11.8 Å². The molecule has 1 aromatic rings. The van der Waals surface area contributed by atoms with E-state index in [0.717, 1.165) is 41.1 Å². The van der Waals surface area contributed by atoms with E-state index >= 15 is 0 Å². The van der Waals surface area contributed by atoms with Crippen molar-refractivity contribution < 1.29 is 4.74 Å². The number of aryl methyl sites for hydroxylation is 1. The Bertz CT molecular complexity index is 619. The van der Waals surface area contributed by atoms with E-state index in [1.165, 1.54) is 44.9 Å². The van der Waals surface area contributed by atoms with E-state index in [-0.39, 0.29) is 0 Å². The molecule has 5 heteroatoms. The van der Waals surface area contributed by atoms with Gasteiger partial charge in [0, 0.05) is 13.6 Å². The molecular weight excluding hydrogens is 309 g/mol. The van der Waals surface area contributed by atoms with E-state index in [1.807, 2.05) is 20.3 Å². The fourth-order valence-electron chi connectivity index (χ4n) is 4.26. The molecule has 2 aliphatic rings. The molecule has 2 fully saturated rings. The number of aromatic nitrogens is 1. The summed E-state index contributed by atoms with van der Waals surface area (Å²) in [4.78, 5) is 11.3. The number of pyridine rings is 1. The predicted octanol–water partition coefficient (Wildman–Crippen LogP) is 3.00. The molecule has 0 aromatic carbocycles. The van der Waals surface area contributed by atoms with Crippen LogP contribution >= 0.6 is 0 Å². The quantitative estimate of drug-likeness (QED) is 0.469. The summed E-state index contributed by atoms with van der Waals surface area (Å²) in [5, 5.41) is 0. The number of aliphatic imine (C=N–C) groups is 1. The van der Waals surface area contributed by atoms with Crippen molar-refractivity contribution in [3.63, 3.8) is 0 Å². The number of ether oxygens (including phenoxy) is 1. The molecule has 3 unspecified atom stereocenters. The van der Waals surface area contributed by atoms with E-state index in [2.05, 4.69) is 30.7 Å². The van der Waals surface area contributed by atoms with Crippen LogP contribution in [0.5, 0.6) is 5.88 Å². The summed E-state index contributed by atoms with van der Waals surface area (Å²) >= 11 is 0. The first-order chi connectivity index (χ1) is 12.1. The van der Waals surface area contributed by atoms with Gasteiger partial charge in [-0.15, -0.1) is 0 Å². The fraction of sp³-hybridized carbons (Fsp3) is 0.700. The third-order valence-electron chi connectivity index (χ3n) is 5.99. The smallest absolute Gasteiger partial charge is 0.207 e. The first-order valence-electron chi connectivity index (χ1n) is 9.96. The lowest BCUT2D eigenvalue weighted by molar-refractivity contribution is 0.0625. The lowest BCUT2D eigenvalue weighted by Gasteiger charge is -2.39. The maximum absolute atomic E-state index is 6.34. The molecule has 0 spiro atoms. The number of fused-ring (bicyclic) bond motifs is 1. The van der Waals surface area contributed by atoms with Gasteiger partial charge in [-0.25, -0.2) is 9.98 Å². The average molecular weight is 341 g/mol. The van der Waals surface area contributed by atoms with Gasteiger partial charge in [-0.05, 0) is 56.5 Å². The fourth-order valence-corrected chi connectivity index (χ4v) is 4.26. The molecule has 3 rings (SSSR count). The summed E-state index contributed by atoms with van der Waals surface area (Å²) in [5.74, 6) is 2.64. The second-order valence-electron chi connectivity index (χ2n) is 7.89. The average Bonchev–Trinajstić information content (AvgIpc) is 2.63. The zero-order valence-electron chi connectivity index (χ0n) is 16.3. The van der Waals surface area contributed by atoms with Crippen molar-refractivity contribution in [3.8, 4) is 5.88 Å². The Balaban J connectivity index is 1.66. The largest absolute Gasteiger partial charge is 0.475 e. The minimum Gasteiger partial charge on any atom is -0.475 e. The molecule has 3 atom stereocenters. The number of hydrogen-bond acceptors (Lipinski definition) is 3. The maximum Gasteiger partial charge on any atom is 0.207 e. The van der Waals surface area contributed by atoms with Crippen molar-refractivity contribution in [1.82, 2.24) is 9.88 Å². The molecule has 2 saturated carbocycles. The third-order valence-corrected chi connectivity index (χ3v) is 5.99. The van der Waals surface area contributed by atoms with Crippen LogP contribution in [0.25, 0.3) is 0 Å². The number of nitrogens with zero attached hydrogens (tertiary/aromatic N) is 3. The van der Waals surface area contributed by atoms with E-state index in [4.69, 9.17) is 9.72 Å². The highest BCUT2D eigenvalue weighted by Crippen LogP contribution is 2.41. The van der Waals surface area contributed by atoms with Crippen molar-refractivity contribution >= 4 is 25.3 Å². The van der Waals surface area contributed by atoms with Crippen LogP contribution in [0, 0.1) is 18.8 Å². The minimum absolute atomic E-state index is 0.338. The lowest BCUT2D eigenvalue weighted by atomic mass is 9.70. The summed E-state index contributed by atoms with van der Waals surface area (Å²) in [6.07, 6.45) is 11.6. The van der Waals surface area contributed by atoms with Crippen LogP contribution in [0.15, 0.2) is 11.1 Å². The molecule has 0 N–H and O–H groups in total. The van der Waals surface area contributed by atoms with Crippen molar-refractivity contribution in [2.75, 3.05) is 13.6 Å². The van der Waals surface area contributed by atoms with Gasteiger partial charge in [0.15, 0.2) is 0 Å². The summed E-state index contributed by atoms with van der Waals surface area (Å²) in [7, 11) is 4.11. The Hall–Kier alpha value is -1.52. The Labute approximate surface area is 153 Å².